The molecule has 24 heavy (non-hydrogen) atoms. The first kappa shape index (κ1) is 18.3. The van der Waals surface area contributed by atoms with Crippen molar-refractivity contribution in [2.45, 2.75) is 33.6 Å². The van der Waals surface area contributed by atoms with Crippen LogP contribution in [0.15, 0.2) is 24.3 Å². The number of benzene rings is 1. The minimum atomic E-state index is -0.00682. The summed E-state index contributed by atoms with van der Waals surface area (Å²) in [5.74, 6) is 1.15. The molecule has 2 rings (SSSR count). The molecule has 132 valence electrons. The normalized spacial score (nSPS) is 17.7. The molecule has 5 nitrogen and oxygen atoms in total. The molecule has 1 aliphatic rings. The molecular formula is C19H28N2O3. The lowest BCUT2D eigenvalue weighted by molar-refractivity contribution is -0.124. The summed E-state index contributed by atoms with van der Waals surface area (Å²) < 4.78 is 5.47. The van der Waals surface area contributed by atoms with Crippen LogP contribution in [-0.2, 0) is 4.79 Å². The van der Waals surface area contributed by atoms with Crippen LogP contribution >= 0.6 is 0 Å². The van der Waals surface area contributed by atoms with Gasteiger partial charge in [-0.25, -0.2) is 0 Å². The summed E-state index contributed by atoms with van der Waals surface area (Å²) in [6, 6.07) is 7.34. The number of hydrogen-bond acceptors (Lipinski definition) is 3. The molecule has 0 unspecified atom stereocenters. The van der Waals surface area contributed by atoms with Gasteiger partial charge < -0.3 is 15.0 Å². The molecule has 1 fully saturated rings. The molecule has 1 heterocycles. The Bertz CT molecular complexity index is 571. The van der Waals surface area contributed by atoms with E-state index in [0.29, 0.717) is 31.2 Å². The van der Waals surface area contributed by atoms with E-state index in [0.717, 1.165) is 25.1 Å². The maximum Gasteiger partial charge on any atom is 0.253 e. The fraction of sp³-hybridized carbons (Fsp3) is 0.579. The average Bonchev–Trinajstić information content (AvgIpc) is 2.59. The highest BCUT2D eigenvalue weighted by Gasteiger charge is 2.25. The number of amides is 2. The summed E-state index contributed by atoms with van der Waals surface area (Å²) in [5.41, 5.74) is 0.660. The number of nitrogens with zero attached hydrogens (tertiary/aromatic N) is 1. The summed E-state index contributed by atoms with van der Waals surface area (Å²) >= 11 is 0. The van der Waals surface area contributed by atoms with Crippen molar-refractivity contribution in [3.8, 4) is 5.75 Å². The van der Waals surface area contributed by atoms with Crippen LogP contribution < -0.4 is 10.1 Å². The third kappa shape index (κ3) is 4.98. The van der Waals surface area contributed by atoms with E-state index in [2.05, 4.69) is 5.32 Å². The smallest absolute Gasteiger partial charge is 0.253 e. The van der Waals surface area contributed by atoms with Crippen molar-refractivity contribution in [1.82, 2.24) is 10.2 Å². The van der Waals surface area contributed by atoms with E-state index in [4.69, 9.17) is 4.74 Å². The molecule has 0 aliphatic carbocycles. The van der Waals surface area contributed by atoms with Crippen molar-refractivity contribution in [2.75, 3.05) is 26.2 Å². The highest BCUT2D eigenvalue weighted by Crippen LogP contribution is 2.20. The van der Waals surface area contributed by atoms with Crippen LogP contribution in [0.25, 0.3) is 0 Å². The molecule has 1 aromatic rings. The number of nitrogens with one attached hydrogen (secondary N) is 1. The second kappa shape index (κ2) is 8.71. The van der Waals surface area contributed by atoms with E-state index < -0.39 is 0 Å². The van der Waals surface area contributed by atoms with Crippen molar-refractivity contribution in [3.63, 3.8) is 0 Å². The topological polar surface area (TPSA) is 58.6 Å². The number of carbonyl (C=O) groups is 2. The van der Waals surface area contributed by atoms with Crippen LogP contribution in [-0.4, -0.2) is 43.0 Å². The minimum absolute atomic E-state index is 0.00682. The summed E-state index contributed by atoms with van der Waals surface area (Å²) in [5, 5.41) is 2.98. The van der Waals surface area contributed by atoms with Gasteiger partial charge in [-0.05, 0) is 43.9 Å². The predicted molar refractivity (Wildman–Crippen MR) is 94.1 cm³/mol. The summed E-state index contributed by atoms with van der Waals surface area (Å²) in [6.07, 6.45) is 2.01. The van der Waals surface area contributed by atoms with Crippen molar-refractivity contribution < 1.29 is 14.3 Å². The monoisotopic (exact) mass is 332 g/mol. The van der Waals surface area contributed by atoms with Gasteiger partial charge in [0.2, 0.25) is 5.91 Å². The molecule has 1 saturated heterocycles. The lowest BCUT2D eigenvalue weighted by Crippen LogP contribution is -2.44. The fourth-order valence-corrected chi connectivity index (χ4v) is 2.93. The Morgan fingerprint density at radius 1 is 1.38 bits per heavy atom. The highest BCUT2D eigenvalue weighted by molar-refractivity contribution is 5.94. The number of carbonyl (C=O) groups excluding carboxylic acids is 2. The molecular weight excluding hydrogens is 304 g/mol. The second-order valence-corrected chi connectivity index (χ2v) is 6.62. The molecule has 2 amide bonds. The van der Waals surface area contributed by atoms with Crippen LogP contribution in [0, 0.1) is 11.8 Å². The van der Waals surface area contributed by atoms with Crippen LogP contribution in [0.5, 0.6) is 5.75 Å². The lowest BCUT2D eigenvalue weighted by Gasteiger charge is -2.33. The molecule has 1 aromatic carbocycles. The zero-order chi connectivity index (χ0) is 17.5. The summed E-state index contributed by atoms with van der Waals surface area (Å²) in [6.45, 7) is 8.38. The Morgan fingerprint density at radius 3 is 2.88 bits per heavy atom. The largest absolute Gasteiger partial charge is 0.494 e. The van der Waals surface area contributed by atoms with E-state index in [9.17, 15) is 9.59 Å². The van der Waals surface area contributed by atoms with Gasteiger partial charge in [0.1, 0.15) is 5.75 Å². The van der Waals surface area contributed by atoms with Crippen LogP contribution in [0.2, 0.25) is 0 Å². The van der Waals surface area contributed by atoms with Crippen LogP contribution in [0.4, 0.5) is 0 Å². The number of ether oxygens (including phenoxy) is 1. The van der Waals surface area contributed by atoms with E-state index in [1.54, 1.807) is 6.07 Å². The lowest BCUT2D eigenvalue weighted by atomic mass is 9.97. The Kier molecular flexibility index (Phi) is 6.64. The third-order valence-electron chi connectivity index (χ3n) is 4.29. The average molecular weight is 332 g/mol. The first-order valence-corrected chi connectivity index (χ1v) is 8.81. The molecule has 0 bridgehead atoms. The van der Waals surface area contributed by atoms with Crippen LogP contribution in [0.3, 0.4) is 0 Å². The molecule has 1 atom stereocenters. The van der Waals surface area contributed by atoms with E-state index in [1.165, 1.54) is 0 Å². The number of likely N-dealkylation sites (tertiary alicyclic amines) is 1. The highest BCUT2D eigenvalue weighted by atomic mass is 16.5. The van der Waals surface area contributed by atoms with Gasteiger partial charge in [0, 0.05) is 31.1 Å². The minimum Gasteiger partial charge on any atom is -0.494 e. The standard InChI is InChI=1S/C19H28N2O3/c1-4-24-17-9-5-8-16(11-17)19(23)21-10-6-7-15(13-21)12-20-18(22)14(2)3/h5,8-9,11,14-15H,4,6-7,10,12-13H2,1-3H3,(H,20,22)/t15-/m0/s1. The maximum absolute atomic E-state index is 12.7. The third-order valence-corrected chi connectivity index (χ3v) is 4.29. The van der Waals surface area contributed by atoms with Gasteiger partial charge in [0.05, 0.1) is 6.61 Å². The van der Waals surface area contributed by atoms with Crippen molar-refractivity contribution >= 4 is 11.8 Å². The second-order valence-electron chi connectivity index (χ2n) is 6.62. The first-order chi connectivity index (χ1) is 11.5. The maximum atomic E-state index is 12.7. The zero-order valence-corrected chi connectivity index (χ0v) is 14.9. The molecule has 5 heteroatoms. The quantitative estimate of drug-likeness (QED) is 0.871. The van der Waals surface area contributed by atoms with E-state index in [1.807, 2.05) is 43.9 Å². The SMILES string of the molecule is CCOc1cccc(C(=O)N2CCC[C@@H](CNC(=O)C(C)C)C2)c1. The Labute approximate surface area is 144 Å². The number of hydrogen-bond donors (Lipinski definition) is 1. The molecule has 0 radical (unpaired) electrons. The Hall–Kier alpha value is -2.04. The van der Waals surface area contributed by atoms with Gasteiger partial charge in [0.25, 0.3) is 5.91 Å². The molecule has 1 N–H and O–H groups in total. The molecule has 0 saturated carbocycles. The van der Waals surface area contributed by atoms with Gasteiger partial charge in [-0.3, -0.25) is 9.59 Å². The fourth-order valence-electron chi connectivity index (χ4n) is 2.93. The summed E-state index contributed by atoms with van der Waals surface area (Å²) in [7, 11) is 0. The molecule has 0 spiro atoms. The zero-order valence-electron chi connectivity index (χ0n) is 14.9. The van der Waals surface area contributed by atoms with Crippen molar-refractivity contribution in [2.24, 2.45) is 11.8 Å². The first-order valence-electron chi connectivity index (χ1n) is 8.81. The van der Waals surface area contributed by atoms with Gasteiger partial charge in [-0.15, -0.1) is 0 Å². The van der Waals surface area contributed by atoms with Gasteiger partial charge in [-0.1, -0.05) is 19.9 Å². The molecule has 0 aromatic heterocycles. The van der Waals surface area contributed by atoms with Crippen molar-refractivity contribution in [1.29, 1.82) is 0 Å². The van der Waals surface area contributed by atoms with Gasteiger partial charge >= 0.3 is 0 Å². The number of piperidine rings is 1. The molecule has 1 aliphatic heterocycles. The Balaban J connectivity index is 1.94. The predicted octanol–water partition coefficient (Wildman–Crippen LogP) is 2.71. The number of rotatable bonds is 6. The Morgan fingerprint density at radius 2 is 2.17 bits per heavy atom. The summed E-state index contributed by atoms with van der Waals surface area (Å²) in [4.78, 5) is 26.3. The van der Waals surface area contributed by atoms with Gasteiger partial charge in [-0.2, -0.15) is 0 Å². The van der Waals surface area contributed by atoms with Crippen molar-refractivity contribution in [3.05, 3.63) is 29.8 Å². The van der Waals surface area contributed by atoms with Crippen LogP contribution in [0.1, 0.15) is 44.0 Å². The van der Waals surface area contributed by atoms with E-state index in [-0.39, 0.29) is 17.7 Å². The van der Waals surface area contributed by atoms with E-state index >= 15 is 0 Å². The van der Waals surface area contributed by atoms with Gasteiger partial charge in [0.15, 0.2) is 0 Å².